The number of aromatic nitrogens is 2. The van der Waals surface area contributed by atoms with Crippen LogP contribution >= 0.6 is 0 Å². The van der Waals surface area contributed by atoms with E-state index in [1.54, 1.807) is 6.92 Å². The zero-order valence-corrected chi connectivity index (χ0v) is 18.7. The molecule has 0 fully saturated rings. The molecule has 170 valence electrons. The maximum atomic E-state index is 14.8. The Labute approximate surface area is 198 Å². The molecule has 1 atom stereocenters. The van der Waals surface area contributed by atoms with Gasteiger partial charge in [-0.3, -0.25) is 0 Å². The predicted octanol–water partition coefficient (Wildman–Crippen LogP) is 5.32. The van der Waals surface area contributed by atoms with Crippen molar-refractivity contribution in [1.29, 1.82) is 0 Å². The number of hydrogen-bond acceptors (Lipinski definition) is 3. The number of nitrogens with zero attached hydrogens (tertiary/aromatic N) is 2. The summed E-state index contributed by atoms with van der Waals surface area (Å²) >= 11 is 0. The number of carbonyl (C=O) groups excluding carboxylic acids is 1. The van der Waals surface area contributed by atoms with Crippen LogP contribution in [0.1, 0.15) is 35.0 Å². The summed E-state index contributed by atoms with van der Waals surface area (Å²) in [5.74, 6) is -0.642. The minimum Gasteiger partial charge on any atom is -0.460 e. The van der Waals surface area contributed by atoms with Crippen molar-refractivity contribution >= 4 is 5.97 Å². The number of aromatic amines is 1. The summed E-state index contributed by atoms with van der Waals surface area (Å²) in [4.78, 5) is 22.8. The minimum absolute atomic E-state index is 0.0770. The molecule has 3 aromatic carbocycles. The van der Waals surface area contributed by atoms with E-state index in [-0.39, 0.29) is 13.0 Å². The molecule has 4 aromatic rings. The highest BCUT2D eigenvalue weighted by molar-refractivity contribution is 5.78. The first-order chi connectivity index (χ1) is 16.6. The van der Waals surface area contributed by atoms with Crippen molar-refractivity contribution in [1.82, 2.24) is 9.97 Å². The van der Waals surface area contributed by atoms with Crippen LogP contribution in [-0.2, 0) is 21.4 Å². The highest BCUT2D eigenvalue weighted by Gasteiger charge is 2.43. The van der Waals surface area contributed by atoms with E-state index in [1.165, 1.54) is 0 Å². The van der Waals surface area contributed by atoms with Crippen molar-refractivity contribution in [2.24, 2.45) is 0 Å². The molecule has 0 amide bonds. The third kappa shape index (κ3) is 4.20. The second kappa shape index (κ2) is 10.1. The van der Waals surface area contributed by atoms with Crippen LogP contribution in [0, 0.1) is 12.7 Å². The second-order valence-electron chi connectivity index (χ2n) is 7.80. The summed E-state index contributed by atoms with van der Waals surface area (Å²) in [5, 5.41) is 0. The number of hydrogen-bond donors (Lipinski definition) is 1. The van der Waals surface area contributed by atoms with E-state index in [1.807, 2.05) is 91.0 Å². The number of ether oxygens (including phenoxy) is 1. The lowest BCUT2D eigenvalue weighted by atomic mass is 9.66. The fourth-order valence-corrected chi connectivity index (χ4v) is 4.44. The maximum Gasteiger partial charge on any atom is 0.390 e. The van der Waals surface area contributed by atoms with Crippen molar-refractivity contribution in [3.05, 3.63) is 137 Å². The number of carbonyl (C=O) groups is 1. The Bertz CT molecular complexity index is 1190. The summed E-state index contributed by atoms with van der Waals surface area (Å²) in [7, 11) is 0. The van der Waals surface area contributed by atoms with E-state index >= 15 is 0 Å². The molecule has 0 spiro atoms. The lowest BCUT2D eigenvalue weighted by molar-refractivity contribution is -0.143. The molecule has 1 N–H and O–H groups in total. The lowest BCUT2D eigenvalue weighted by Gasteiger charge is -2.36. The largest absolute Gasteiger partial charge is 0.460 e. The fourth-order valence-electron chi connectivity index (χ4n) is 4.44. The molecule has 0 aliphatic heterocycles. The van der Waals surface area contributed by atoms with E-state index in [4.69, 9.17) is 11.3 Å². The van der Waals surface area contributed by atoms with Gasteiger partial charge in [-0.25, -0.2) is 16.4 Å². The number of benzene rings is 3. The van der Waals surface area contributed by atoms with Gasteiger partial charge in [0.15, 0.2) is 0 Å². The van der Waals surface area contributed by atoms with Crippen molar-refractivity contribution in [2.45, 2.75) is 24.8 Å². The number of imidazole rings is 1. The van der Waals surface area contributed by atoms with E-state index in [9.17, 15) is 9.18 Å². The Kier molecular flexibility index (Phi) is 6.84. The Hall–Kier alpha value is -4.24. The van der Waals surface area contributed by atoms with Gasteiger partial charge in [0.2, 0.25) is 0 Å². The molecule has 1 aromatic heterocycles. The number of esters is 1. The highest BCUT2D eigenvalue weighted by atomic mass is 19.1. The smallest absolute Gasteiger partial charge is 0.390 e. The van der Waals surface area contributed by atoms with E-state index < -0.39 is 23.5 Å². The van der Waals surface area contributed by atoms with Crippen molar-refractivity contribution < 1.29 is 13.9 Å². The molecule has 5 nitrogen and oxygen atoms in total. The Morgan fingerprint density at radius 2 is 1.44 bits per heavy atom. The predicted molar refractivity (Wildman–Crippen MR) is 128 cm³/mol. The van der Waals surface area contributed by atoms with Gasteiger partial charge in [0.25, 0.3) is 6.08 Å². The summed E-state index contributed by atoms with van der Waals surface area (Å²) in [6.07, 6.45) is -0.850. The third-order valence-electron chi connectivity index (χ3n) is 5.85. The first-order valence-electron chi connectivity index (χ1n) is 11.1. The third-order valence-corrected chi connectivity index (χ3v) is 5.85. The van der Waals surface area contributed by atoms with Crippen molar-refractivity contribution in [3.63, 3.8) is 0 Å². The first-order valence-corrected chi connectivity index (χ1v) is 11.1. The minimum atomic E-state index is -1.12. The summed E-state index contributed by atoms with van der Waals surface area (Å²) in [6.45, 7) is 9.38. The van der Waals surface area contributed by atoms with Crippen molar-refractivity contribution in [2.75, 3.05) is 6.61 Å². The quantitative estimate of drug-likeness (QED) is 0.223. The summed E-state index contributed by atoms with van der Waals surface area (Å²) < 4.78 is 19.9. The molecule has 4 rings (SSSR count). The number of halogens is 1. The normalized spacial score (nSPS) is 12.0. The molecular weight excluding hydrogens is 429 g/mol. The Morgan fingerprint density at radius 1 is 0.971 bits per heavy atom. The zero-order valence-electron chi connectivity index (χ0n) is 18.7. The first kappa shape index (κ1) is 22.9. The van der Waals surface area contributed by atoms with Gasteiger partial charge in [0.05, 0.1) is 29.8 Å². The summed E-state index contributed by atoms with van der Waals surface area (Å²) in [6, 6.07) is 28.2. The van der Waals surface area contributed by atoms with Crippen LogP contribution in [-0.4, -0.2) is 28.6 Å². The fraction of sp³-hybridized carbons (Fsp3) is 0.179. The lowest BCUT2D eigenvalue weighted by Crippen LogP contribution is -2.33. The van der Waals surface area contributed by atoms with Crippen LogP contribution in [0.25, 0.3) is 4.85 Å². The Morgan fingerprint density at radius 3 is 1.85 bits per heavy atom. The van der Waals surface area contributed by atoms with E-state index in [2.05, 4.69) is 14.8 Å². The number of nitrogens with one attached hydrogen (secondary N) is 1. The molecule has 0 saturated heterocycles. The van der Waals surface area contributed by atoms with Crippen molar-refractivity contribution in [3.8, 4) is 0 Å². The van der Waals surface area contributed by atoms with Crippen LogP contribution in [0.3, 0.4) is 0 Å². The average molecular weight is 454 g/mol. The molecular formula is C28H24FN3O2. The molecule has 0 radical (unpaired) electrons. The van der Waals surface area contributed by atoms with E-state index in [0.29, 0.717) is 11.4 Å². The van der Waals surface area contributed by atoms with Gasteiger partial charge in [-0.2, -0.15) is 4.39 Å². The van der Waals surface area contributed by atoms with Crippen LogP contribution in [0.2, 0.25) is 0 Å². The van der Waals surface area contributed by atoms with Gasteiger partial charge >= 0.3 is 12.0 Å². The average Bonchev–Trinajstić information content (AvgIpc) is 3.25. The van der Waals surface area contributed by atoms with Crippen LogP contribution in [0.15, 0.2) is 91.0 Å². The van der Waals surface area contributed by atoms with Gasteiger partial charge < -0.3 is 14.6 Å². The number of H-pyrrole nitrogens is 1. The standard InChI is InChI=1S/C28H24FN3O2/c1-3-34-26(33)24(30-2)19-23-25(32-27(29)31-23)28(20-13-7-4-8-14-20,21-15-9-5-10-16-21)22-17-11-6-12-18-22/h4-18,24H,3,19H2,1H3,(H,31,32). The SMILES string of the molecule is [C-]#[N+]C(Cc1nc(F)[nH]c1C(c1ccccc1)(c1ccccc1)c1ccccc1)C(=O)OCC. The molecule has 0 saturated carbocycles. The van der Waals surface area contributed by atoms with Crippen LogP contribution in [0.5, 0.6) is 0 Å². The monoisotopic (exact) mass is 453 g/mol. The van der Waals surface area contributed by atoms with E-state index in [0.717, 1.165) is 16.7 Å². The molecule has 34 heavy (non-hydrogen) atoms. The second-order valence-corrected chi connectivity index (χ2v) is 7.80. The number of rotatable bonds is 8. The molecule has 0 aliphatic carbocycles. The maximum absolute atomic E-state index is 14.8. The topological polar surface area (TPSA) is 59.3 Å². The Balaban J connectivity index is 2.02. The highest BCUT2D eigenvalue weighted by Crippen LogP contribution is 2.45. The molecule has 6 heteroatoms. The molecule has 1 unspecified atom stereocenters. The van der Waals surface area contributed by atoms with Gasteiger partial charge in [-0.1, -0.05) is 91.0 Å². The van der Waals surface area contributed by atoms with Gasteiger partial charge in [0.1, 0.15) is 0 Å². The molecule has 0 bridgehead atoms. The summed E-state index contributed by atoms with van der Waals surface area (Å²) in [5.41, 5.74) is 2.51. The van der Waals surface area contributed by atoms with Crippen LogP contribution < -0.4 is 0 Å². The van der Waals surface area contributed by atoms with Gasteiger partial charge in [0, 0.05) is 0 Å². The molecule has 1 heterocycles. The van der Waals surface area contributed by atoms with Gasteiger partial charge in [-0.15, -0.1) is 0 Å². The molecule has 0 aliphatic rings. The zero-order chi connectivity index (χ0) is 24.0. The van der Waals surface area contributed by atoms with Crippen LogP contribution in [0.4, 0.5) is 4.39 Å². The van der Waals surface area contributed by atoms with Gasteiger partial charge in [-0.05, 0) is 23.6 Å².